The Morgan fingerprint density at radius 1 is 1.27 bits per heavy atom. The van der Waals surface area contributed by atoms with Crippen LogP contribution in [-0.2, 0) is 19.4 Å². The lowest BCUT2D eigenvalue weighted by Gasteiger charge is -2.18. The van der Waals surface area contributed by atoms with Gasteiger partial charge in [-0.15, -0.1) is 0 Å². The molecule has 0 N–H and O–H groups in total. The van der Waals surface area contributed by atoms with Crippen molar-refractivity contribution in [1.29, 1.82) is 0 Å². The highest BCUT2D eigenvalue weighted by molar-refractivity contribution is 5.90. The van der Waals surface area contributed by atoms with Gasteiger partial charge in [-0.05, 0) is 20.8 Å². The summed E-state index contributed by atoms with van der Waals surface area (Å²) in [5.41, 5.74) is -0.632. The summed E-state index contributed by atoms with van der Waals surface area (Å²) in [6.45, 7) is 5.00. The van der Waals surface area contributed by atoms with Crippen LogP contribution in [0.5, 0.6) is 0 Å². The minimum absolute atomic E-state index is 0.632. The Balaban J connectivity index is 3.80. The van der Waals surface area contributed by atoms with Gasteiger partial charge in [0.15, 0.2) is 0 Å². The third kappa shape index (κ3) is 6.83. The molecule has 0 saturated carbocycles. The normalized spacial score (nSPS) is 10.8. The van der Waals surface area contributed by atoms with E-state index in [0.717, 1.165) is 0 Å². The molecular formula is C7H11O4. The maximum Gasteiger partial charge on any atom is 0.366 e. The molecule has 0 atom stereocenters. The molecular weight excluding hydrogens is 148 g/mol. The van der Waals surface area contributed by atoms with E-state index in [1.54, 1.807) is 20.8 Å². The first-order valence-electron chi connectivity index (χ1n) is 3.23. The van der Waals surface area contributed by atoms with E-state index < -0.39 is 24.0 Å². The summed E-state index contributed by atoms with van der Waals surface area (Å²) < 4.78 is 4.69. The van der Waals surface area contributed by atoms with E-state index in [0.29, 0.717) is 0 Å². The number of rotatable bonds is 2. The Bertz CT molecular complexity index is 166. The van der Waals surface area contributed by atoms with E-state index in [1.807, 2.05) is 0 Å². The van der Waals surface area contributed by atoms with Crippen LogP contribution in [0.4, 0.5) is 0 Å². The molecule has 63 valence electrons. The maximum atomic E-state index is 10.6. The van der Waals surface area contributed by atoms with Crippen molar-refractivity contribution in [2.45, 2.75) is 32.8 Å². The molecule has 0 aromatic heterocycles. The monoisotopic (exact) mass is 159 g/mol. The summed E-state index contributed by atoms with van der Waals surface area (Å²) in [5.74, 6) is -2.18. The molecule has 0 rings (SSSR count). The van der Waals surface area contributed by atoms with E-state index in [4.69, 9.17) is 0 Å². The Morgan fingerprint density at radius 2 is 1.73 bits per heavy atom. The Morgan fingerprint density at radius 3 is 2.00 bits per heavy atom. The van der Waals surface area contributed by atoms with E-state index in [-0.39, 0.29) is 0 Å². The molecule has 4 nitrogen and oxygen atoms in total. The predicted molar refractivity (Wildman–Crippen MR) is 36.2 cm³/mol. The van der Waals surface area contributed by atoms with Crippen LogP contribution in [0.25, 0.3) is 0 Å². The van der Waals surface area contributed by atoms with Gasteiger partial charge in [-0.2, -0.15) is 0 Å². The summed E-state index contributed by atoms with van der Waals surface area (Å²) in [4.78, 5) is 20.5. The summed E-state index contributed by atoms with van der Waals surface area (Å²) in [6, 6.07) is 0. The second kappa shape index (κ2) is 3.37. The molecule has 4 heteroatoms. The van der Waals surface area contributed by atoms with Gasteiger partial charge in [-0.3, -0.25) is 4.79 Å². The SMILES string of the molecule is CC(C)(C)OC(=O)CC([O])=O. The molecule has 0 fully saturated rings. The first-order chi connectivity index (χ1) is 4.81. The molecule has 0 spiro atoms. The van der Waals surface area contributed by atoms with Crippen LogP contribution in [0.1, 0.15) is 27.2 Å². The highest BCUT2D eigenvalue weighted by Crippen LogP contribution is 2.07. The Hall–Kier alpha value is -1.06. The van der Waals surface area contributed by atoms with Gasteiger partial charge in [-0.25, -0.2) is 9.90 Å². The van der Waals surface area contributed by atoms with Gasteiger partial charge >= 0.3 is 11.9 Å². The van der Waals surface area contributed by atoms with E-state index in [2.05, 4.69) is 4.74 Å². The predicted octanol–water partition coefficient (Wildman–Crippen LogP) is 0.675. The fourth-order valence-electron chi connectivity index (χ4n) is 0.495. The first kappa shape index (κ1) is 9.94. The van der Waals surface area contributed by atoms with Gasteiger partial charge in [-0.1, -0.05) is 0 Å². The van der Waals surface area contributed by atoms with Crippen LogP contribution in [0.15, 0.2) is 0 Å². The maximum absolute atomic E-state index is 10.6. The van der Waals surface area contributed by atoms with E-state index >= 15 is 0 Å². The molecule has 11 heavy (non-hydrogen) atoms. The number of ether oxygens (including phenoxy) is 1. The third-order valence-electron chi connectivity index (χ3n) is 0.709. The van der Waals surface area contributed by atoms with Gasteiger partial charge in [0, 0.05) is 0 Å². The fraction of sp³-hybridized carbons (Fsp3) is 0.714. The highest BCUT2D eigenvalue weighted by Gasteiger charge is 2.18. The van der Waals surface area contributed by atoms with Crippen molar-refractivity contribution in [2.75, 3.05) is 0 Å². The standard InChI is InChI=1S/C7H11O4/c1-7(2,3)11-6(10)4-5(8)9/h4H2,1-3H3. The molecule has 0 aromatic carbocycles. The van der Waals surface area contributed by atoms with Gasteiger partial charge in [0.25, 0.3) is 0 Å². The number of esters is 1. The second-order valence-electron chi connectivity index (χ2n) is 3.14. The first-order valence-corrected chi connectivity index (χ1v) is 3.23. The lowest BCUT2D eigenvalue weighted by molar-refractivity contribution is -0.161. The molecule has 0 unspecified atom stereocenters. The average molecular weight is 159 g/mol. The highest BCUT2D eigenvalue weighted by atomic mass is 16.6. The molecule has 0 aliphatic heterocycles. The van der Waals surface area contributed by atoms with Crippen LogP contribution in [0.3, 0.4) is 0 Å². The summed E-state index contributed by atoms with van der Waals surface area (Å²) in [6.07, 6.45) is -0.683. The summed E-state index contributed by atoms with van der Waals surface area (Å²) in [7, 11) is 0. The molecule has 0 aliphatic rings. The molecule has 0 aromatic rings. The zero-order chi connectivity index (χ0) is 9.07. The second-order valence-corrected chi connectivity index (χ2v) is 3.14. The molecule has 0 amide bonds. The number of hydrogen-bond donors (Lipinski definition) is 0. The third-order valence-corrected chi connectivity index (χ3v) is 0.709. The van der Waals surface area contributed by atoms with Crippen molar-refractivity contribution in [2.24, 2.45) is 0 Å². The average Bonchev–Trinajstić information content (AvgIpc) is 1.53. The molecule has 1 radical (unpaired) electrons. The topological polar surface area (TPSA) is 63.3 Å². The smallest absolute Gasteiger partial charge is 0.366 e. The van der Waals surface area contributed by atoms with Gasteiger partial charge in [0.2, 0.25) is 0 Å². The van der Waals surface area contributed by atoms with Crippen molar-refractivity contribution in [3.63, 3.8) is 0 Å². The Kier molecular flexibility index (Phi) is 3.04. The van der Waals surface area contributed by atoms with Crippen molar-refractivity contribution < 1.29 is 19.4 Å². The van der Waals surface area contributed by atoms with Crippen LogP contribution in [0.2, 0.25) is 0 Å². The van der Waals surface area contributed by atoms with Crippen LogP contribution in [0, 0.1) is 0 Å². The fourth-order valence-corrected chi connectivity index (χ4v) is 0.495. The quantitative estimate of drug-likeness (QED) is 0.439. The molecule has 0 aliphatic carbocycles. The summed E-state index contributed by atoms with van der Waals surface area (Å²) >= 11 is 0. The van der Waals surface area contributed by atoms with E-state index in [1.165, 1.54) is 0 Å². The van der Waals surface area contributed by atoms with Gasteiger partial charge in [0.1, 0.15) is 12.0 Å². The number of hydrogen-bond acceptors (Lipinski definition) is 3. The van der Waals surface area contributed by atoms with Gasteiger partial charge < -0.3 is 4.74 Å². The lowest BCUT2D eigenvalue weighted by Crippen LogP contribution is -2.25. The van der Waals surface area contributed by atoms with Crippen molar-refractivity contribution in [1.82, 2.24) is 0 Å². The molecule has 0 saturated heterocycles. The van der Waals surface area contributed by atoms with Crippen LogP contribution < -0.4 is 0 Å². The van der Waals surface area contributed by atoms with Gasteiger partial charge in [0.05, 0.1) is 0 Å². The van der Waals surface area contributed by atoms with Crippen molar-refractivity contribution in [3.05, 3.63) is 0 Å². The largest absolute Gasteiger partial charge is 0.460 e. The minimum atomic E-state index is -1.42. The van der Waals surface area contributed by atoms with Crippen LogP contribution >= 0.6 is 0 Å². The Labute approximate surface area is 65.2 Å². The number of carbonyl (C=O) groups excluding carboxylic acids is 2. The lowest BCUT2D eigenvalue weighted by atomic mass is 10.2. The molecule has 0 heterocycles. The molecule has 0 bridgehead atoms. The van der Waals surface area contributed by atoms with Crippen LogP contribution in [-0.4, -0.2) is 17.5 Å². The van der Waals surface area contributed by atoms with Crippen molar-refractivity contribution in [3.8, 4) is 0 Å². The minimum Gasteiger partial charge on any atom is -0.460 e. The number of carbonyl (C=O) groups is 2. The van der Waals surface area contributed by atoms with E-state index in [9.17, 15) is 14.7 Å². The zero-order valence-corrected chi connectivity index (χ0v) is 6.84. The zero-order valence-electron chi connectivity index (χ0n) is 6.84. The summed E-state index contributed by atoms with van der Waals surface area (Å²) in [5, 5.41) is 9.88. The van der Waals surface area contributed by atoms with Crippen molar-refractivity contribution >= 4 is 11.9 Å².